The second-order valence-corrected chi connectivity index (χ2v) is 9.12. The van der Waals surface area contributed by atoms with Crippen molar-refractivity contribution >= 4 is 40.5 Å². The van der Waals surface area contributed by atoms with Gasteiger partial charge in [-0.3, -0.25) is 25.2 Å². The highest BCUT2D eigenvalue weighted by molar-refractivity contribution is 7.98. The predicted molar refractivity (Wildman–Crippen MR) is 133 cm³/mol. The molecule has 10 heteroatoms. The fraction of sp³-hybridized carbons (Fsp3) is 0.200. The second-order valence-electron chi connectivity index (χ2n) is 8.16. The number of fused-ring (bicyclic) bond motifs is 1. The number of para-hydroxylation sites is 2. The summed E-state index contributed by atoms with van der Waals surface area (Å²) < 4.78 is 5.06. The van der Waals surface area contributed by atoms with Crippen LogP contribution in [-0.2, 0) is 10.5 Å². The molecule has 9 nitrogen and oxygen atoms in total. The van der Waals surface area contributed by atoms with Gasteiger partial charge in [-0.25, -0.2) is 4.98 Å². The smallest absolute Gasteiger partial charge is 0.287 e. The SMILES string of the molecule is CC(C)C(NC(=O)c1ccco1)C(=O)NNC(=O)c1ccc(CSc2nc3ccccc3[nH]2)cc1. The van der Waals surface area contributed by atoms with Crippen LogP contribution in [0.15, 0.2) is 76.5 Å². The largest absolute Gasteiger partial charge is 0.459 e. The van der Waals surface area contributed by atoms with Gasteiger partial charge in [0.05, 0.1) is 17.3 Å². The maximum absolute atomic E-state index is 12.6. The van der Waals surface area contributed by atoms with Gasteiger partial charge < -0.3 is 14.7 Å². The van der Waals surface area contributed by atoms with Gasteiger partial charge in [-0.15, -0.1) is 0 Å². The number of imidazole rings is 1. The predicted octanol–water partition coefficient (Wildman–Crippen LogP) is 3.66. The molecule has 4 aromatic rings. The van der Waals surface area contributed by atoms with Crippen LogP contribution in [0.4, 0.5) is 0 Å². The van der Waals surface area contributed by atoms with Crippen LogP contribution in [0.25, 0.3) is 11.0 Å². The Balaban J connectivity index is 1.28. The number of carbonyl (C=O) groups is 3. The highest BCUT2D eigenvalue weighted by Crippen LogP contribution is 2.23. The summed E-state index contributed by atoms with van der Waals surface area (Å²) >= 11 is 1.57. The van der Waals surface area contributed by atoms with E-state index in [2.05, 4.69) is 26.1 Å². The zero-order valence-electron chi connectivity index (χ0n) is 19.2. The van der Waals surface area contributed by atoms with E-state index in [1.165, 1.54) is 12.3 Å². The van der Waals surface area contributed by atoms with E-state index in [1.54, 1.807) is 43.8 Å². The maximum atomic E-state index is 12.6. The number of hydrogen-bond donors (Lipinski definition) is 4. The minimum Gasteiger partial charge on any atom is -0.459 e. The third kappa shape index (κ3) is 6.10. The number of carbonyl (C=O) groups excluding carboxylic acids is 3. The molecule has 1 unspecified atom stereocenters. The van der Waals surface area contributed by atoms with Gasteiger partial charge in [-0.05, 0) is 47.9 Å². The number of aromatic nitrogens is 2. The first kappa shape index (κ1) is 24.1. The average molecular weight is 492 g/mol. The van der Waals surface area contributed by atoms with Crippen molar-refractivity contribution in [3.8, 4) is 0 Å². The molecule has 2 heterocycles. The lowest BCUT2D eigenvalue weighted by atomic mass is 10.0. The molecule has 0 aliphatic heterocycles. The molecule has 2 aromatic carbocycles. The molecule has 0 aliphatic rings. The molecule has 4 rings (SSSR count). The number of nitrogens with zero attached hydrogens (tertiary/aromatic N) is 1. The number of H-pyrrole nitrogens is 1. The molecule has 0 aliphatic carbocycles. The van der Waals surface area contributed by atoms with Crippen LogP contribution in [0, 0.1) is 5.92 Å². The summed E-state index contributed by atoms with van der Waals surface area (Å²) in [4.78, 5) is 45.1. The molecule has 1 atom stereocenters. The number of benzene rings is 2. The number of hydrogen-bond acceptors (Lipinski definition) is 6. The lowest BCUT2D eigenvalue weighted by molar-refractivity contribution is -0.124. The van der Waals surface area contributed by atoms with Crippen LogP contribution in [0.5, 0.6) is 0 Å². The van der Waals surface area contributed by atoms with E-state index in [9.17, 15) is 14.4 Å². The third-order valence-corrected chi connectivity index (χ3v) is 6.18. The summed E-state index contributed by atoms with van der Waals surface area (Å²) in [5.74, 6) is -0.933. The summed E-state index contributed by atoms with van der Waals surface area (Å²) in [5.41, 5.74) is 8.11. The Kier molecular flexibility index (Phi) is 7.51. The molecular formula is C25H25N5O4S. The average Bonchev–Trinajstić information content (AvgIpc) is 3.54. The highest BCUT2D eigenvalue weighted by atomic mass is 32.2. The molecule has 0 spiro atoms. The number of hydrazine groups is 1. The zero-order chi connectivity index (χ0) is 24.8. The van der Waals surface area contributed by atoms with Crippen molar-refractivity contribution in [3.05, 3.63) is 83.8 Å². The third-order valence-electron chi connectivity index (χ3n) is 5.24. The number of aromatic amines is 1. The Bertz CT molecular complexity index is 1280. The molecule has 0 saturated carbocycles. The Morgan fingerprint density at radius 2 is 1.74 bits per heavy atom. The molecule has 35 heavy (non-hydrogen) atoms. The molecule has 4 N–H and O–H groups in total. The van der Waals surface area contributed by atoms with Gasteiger partial charge in [-0.2, -0.15) is 0 Å². The van der Waals surface area contributed by atoms with Gasteiger partial charge in [0.1, 0.15) is 6.04 Å². The van der Waals surface area contributed by atoms with Crippen LogP contribution in [0.1, 0.15) is 40.3 Å². The van der Waals surface area contributed by atoms with Crippen LogP contribution >= 0.6 is 11.8 Å². The number of rotatable bonds is 8. The number of furan rings is 1. The van der Waals surface area contributed by atoms with E-state index in [0.717, 1.165) is 21.8 Å². The zero-order valence-corrected chi connectivity index (χ0v) is 20.0. The quantitative estimate of drug-likeness (QED) is 0.220. The number of amides is 3. The van der Waals surface area contributed by atoms with Crippen molar-refractivity contribution in [2.75, 3.05) is 0 Å². The molecule has 2 aromatic heterocycles. The lowest BCUT2D eigenvalue weighted by Gasteiger charge is -2.21. The number of nitrogens with one attached hydrogen (secondary N) is 4. The standard InChI is InChI=1S/C25H25N5O4S/c1-15(2)21(28-23(32)20-8-5-13-34-20)24(33)30-29-22(31)17-11-9-16(10-12-17)14-35-25-26-18-6-3-4-7-19(18)27-25/h3-13,15,21H,14H2,1-2H3,(H,26,27)(H,28,32)(H,29,31)(H,30,33). The maximum Gasteiger partial charge on any atom is 0.287 e. The molecule has 0 bridgehead atoms. The Morgan fingerprint density at radius 1 is 0.971 bits per heavy atom. The van der Waals surface area contributed by atoms with Gasteiger partial charge in [0.2, 0.25) is 0 Å². The summed E-state index contributed by atoms with van der Waals surface area (Å²) in [6.45, 7) is 3.58. The second kappa shape index (κ2) is 10.9. The monoisotopic (exact) mass is 491 g/mol. The normalized spacial score (nSPS) is 11.9. The minimum atomic E-state index is -0.856. The Morgan fingerprint density at radius 3 is 2.43 bits per heavy atom. The van der Waals surface area contributed by atoms with E-state index in [1.807, 2.05) is 36.4 Å². The van der Waals surface area contributed by atoms with Crippen LogP contribution < -0.4 is 16.2 Å². The van der Waals surface area contributed by atoms with Crippen molar-refractivity contribution in [1.82, 2.24) is 26.1 Å². The molecule has 0 saturated heterocycles. The molecule has 3 amide bonds. The van der Waals surface area contributed by atoms with E-state index in [4.69, 9.17) is 4.42 Å². The fourth-order valence-electron chi connectivity index (χ4n) is 3.33. The van der Waals surface area contributed by atoms with Crippen LogP contribution in [-0.4, -0.2) is 33.7 Å². The van der Waals surface area contributed by atoms with E-state index < -0.39 is 23.8 Å². The first-order chi connectivity index (χ1) is 16.9. The van der Waals surface area contributed by atoms with Crippen molar-refractivity contribution < 1.29 is 18.8 Å². The topological polar surface area (TPSA) is 129 Å². The summed E-state index contributed by atoms with van der Waals surface area (Å²) in [5, 5.41) is 3.45. The first-order valence-corrected chi connectivity index (χ1v) is 12.0. The molecule has 180 valence electrons. The van der Waals surface area contributed by atoms with Gasteiger partial charge in [0.25, 0.3) is 17.7 Å². The van der Waals surface area contributed by atoms with Crippen LogP contribution in [0.2, 0.25) is 0 Å². The van der Waals surface area contributed by atoms with Crippen molar-refractivity contribution in [2.45, 2.75) is 30.8 Å². The minimum absolute atomic E-state index is 0.103. The molecular weight excluding hydrogens is 466 g/mol. The molecule has 0 radical (unpaired) electrons. The summed E-state index contributed by atoms with van der Waals surface area (Å²) in [6, 6.07) is 17.2. The lowest BCUT2D eigenvalue weighted by Crippen LogP contribution is -2.54. The first-order valence-electron chi connectivity index (χ1n) is 11.0. The van der Waals surface area contributed by atoms with Crippen LogP contribution in [0.3, 0.4) is 0 Å². The Hall–Kier alpha value is -4.05. The number of thioether (sulfide) groups is 1. The van der Waals surface area contributed by atoms with E-state index in [0.29, 0.717) is 11.3 Å². The van der Waals surface area contributed by atoms with Crippen molar-refractivity contribution in [1.29, 1.82) is 0 Å². The summed E-state index contributed by atoms with van der Waals surface area (Å²) in [6.07, 6.45) is 1.38. The van der Waals surface area contributed by atoms with Crippen molar-refractivity contribution in [2.24, 2.45) is 5.92 Å². The summed E-state index contributed by atoms with van der Waals surface area (Å²) in [7, 11) is 0. The van der Waals surface area contributed by atoms with Gasteiger partial charge in [0.15, 0.2) is 10.9 Å². The van der Waals surface area contributed by atoms with Gasteiger partial charge in [-0.1, -0.05) is 49.9 Å². The fourth-order valence-corrected chi connectivity index (χ4v) is 4.17. The highest BCUT2D eigenvalue weighted by Gasteiger charge is 2.26. The molecule has 0 fully saturated rings. The van der Waals surface area contributed by atoms with Gasteiger partial charge in [0, 0.05) is 11.3 Å². The van der Waals surface area contributed by atoms with Crippen molar-refractivity contribution in [3.63, 3.8) is 0 Å². The van der Waals surface area contributed by atoms with E-state index >= 15 is 0 Å². The Labute approximate surface area is 206 Å². The van der Waals surface area contributed by atoms with Gasteiger partial charge >= 0.3 is 0 Å². The van der Waals surface area contributed by atoms with E-state index in [-0.39, 0.29) is 11.7 Å².